The van der Waals surface area contributed by atoms with Gasteiger partial charge in [-0.2, -0.15) is 30.7 Å². The van der Waals surface area contributed by atoms with E-state index in [2.05, 4.69) is 15.3 Å². The van der Waals surface area contributed by atoms with Crippen molar-refractivity contribution >= 4 is 17.5 Å². The molecule has 2 aromatic carbocycles. The zero-order valence-electron chi connectivity index (χ0n) is 34.2. The second kappa shape index (κ2) is 20.4. The Bertz CT molecular complexity index is 2170. The van der Waals surface area contributed by atoms with Crippen LogP contribution in [0.2, 0.25) is 0 Å². The standard InChI is InChI=1S/C40H46F8N6O10/c1-52(18-26(56)33(58)34(59)27(57)19-55)11-12-63-13-14-64-28-8-5-21(31(41)32(28)42)17-54-37(62)30(35(60)38(53(54)2)9-3-4-10-38)36(61)51-24-7-6-22(39(43,44)45)15-23(24)25-16-29(40(46,47)48)50-20-49-25/h5-8,15-16,20,26-27,33-34,55-60H,3-4,9-14,17-19H2,1-2H3,(H,51,61). The van der Waals surface area contributed by atoms with Crippen molar-refractivity contribution in [2.75, 3.05) is 58.9 Å². The Labute approximate surface area is 359 Å². The number of benzene rings is 2. The Morgan fingerprint density at radius 1 is 0.922 bits per heavy atom. The van der Waals surface area contributed by atoms with Crippen LogP contribution in [0.1, 0.15) is 42.5 Å². The number of aromatic nitrogens is 2. The summed E-state index contributed by atoms with van der Waals surface area (Å²) >= 11 is 0. The number of amides is 2. The second-order valence-corrected chi connectivity index (χ2v) is 15.2. The molecule has 24 heteroatoms. The topological polar surface area (TPSA) is 222 Å². The zero-order chi connectivity index (χ0) is 47.3. The number of nitrogens with zero attached hydrogens (tertiary/aromatic N) is 5. The molecule has 1 spiro atoms. The molecule has 352 valence electrons. The lowest BCUT2D eigenvalue weighted by Crippen LogP contribution is -2.62. The van der Waals surface area contributed by atoms with Crippen LogP contribution in [0.5, 0.6) is 5.75 Å². The molecule has 4 atom stereocenters. The molecule has 0 bridgehead atoms. The van der Waals surface area contributed by atoms with E-state index in [0.717, 1.165) is 23.2 Å². The molecular weight excluding hydrogens is 876 g/mol. The van der Waals surface area contributed by atoms with Crippen LogP contribution in [0.4, 0.5) is 40.8 Å². The smallest absolute Gasteiger partial charge is 0.433 e. The van der Waals surface area contributed by atoms with E-state index >= 15 is 8.78 Å². The number of hydrogen-bond donors (Lipinski definition) is 7. The van der Waals surface area contributed by atoms with Gasteiger partial charge >= 0.3 is 12.4 Å². The van der Waals surface area contributed by atoms with Gasteiger partial charge in [0.1, 0.15) is 48.3 Å². The third-order valence-corrected chi connectivity index (χ3v) is 11.0. The highest BCUT2D eigenvalue weighted by Crippen LogP contribution is 2.45. The highest BCUT2D eigenvalue weighted by atomic mass is 19.4. The van der Waals surface area contributed by atoms with Gasteiger partial charge in [-0.25, -0.2) is 19.4 Å². The summed E-state index contributed by atoms with van der Waals surface area (Å²) in [5.74, 6) is -6.70. The average molecular weight is 923 g/mol. The Morgan fingerprint density at radius 2 is 1.59 bits per heavy atom. The van der Waals surface area contributed by atoms with Crippen molar-refractivity contribution < 1.29 is 84.8 Å². The summed E-state index contributed by atoms with van der Waals surface area (Å²) in [5, 5.41) is 64.2. The zero-order valence-corrected chi connectivity index (χ0v) is 34.2. The van der Waals surface area contributed by atoms with E-state index in [9.17, 15) is 61.5 Å². The van der Waals surface area contributed by atoms with Gasteiger partial charge in [0, 0.05) is 31.3 Å². The molecular formula is C40H46F8N6O10. The number of carbonyl (C=O) groups is 2. The third kappa shape index (κ3) is 11.0. The number of likely N-dealkylation sites (N-methyl/N-ethyl adjacent to an activating group) is 2. The van der Waals surface area contributed by atoms with Crippen molar-refractivity contribution in [3.8, 4) is 17.0 Å². The van der Waals surface area contributed by atoms with E-state index in [4.69, 9.17) is 14.6 Å². The van der Waals surface area contributed by atoms with E-state index in [1.54, 1.807) is 7.05 Å². The van der Waals surface area contributed by atoms with Crippen LogP contribution in [0.15, 0.2) is 54.1 Å². The molecule has 1 saturated carbocycles. The predicted octanol–water partition coefficient (Wildman–Crippen LogP) is 3.18. The molecule has 1 aliphatic carbocycles. The van der Waals surface area contributed by atoms with Gasteiger partial charge in [0.25, 0.3) is 11.8 Å². The van der Waals surface area contributed by atoms with Crippen molar-refractivity contribution in [3.63, 3.8) is 0 Å². The molecule has 5 rings (SSSR count). The number of halogens is 8. The summed E-state index contributed by atoms with van der Waals surface area (Å²) in [6.45, 7) is -1.78. The maximum Gasteiger partial charge on any atom is 0.433 e. The van der Waals surface area contributed by atoms with Gasteiger partial charge in [-0.1, -0.05) is 18.9 Å². The summed E-state index contributed by atoms with van der Waals surface area (Å²) in [7, 11) is 2.95. The van der Waals surface area contributed by atoms with Gasteiger partial charge in [-0.3, -0.25) is 14.6 Å². The lowest BCUT2D eigenvalue weighted by molar-refractivity contribution is -0.163. The van der Waals surface area contributed by atoms with Gasteiger partial charge in [-0.05, 0) is 50.2 Å². The number of aliphatic hydroxyl groups excluding tert-OH is 6. The number of aliphatic hydroxyl groups is 6. The van der Waals surface area contributed by atoms with Gasteiger partial charge < -0.3 is 50.3 Å². The largest absolute Gasteiger partial charge is 0.509 e. The lowest BCUT2D eigenvalue weighted by atomic mass is 9.88. The average Bonchev–Trinajstić information content (AvgIpc) is 3.75. The monoisotopic (exact) mass is 922 g/mol. The number of hydrogen-bond acceptors (Lipinski definition) is 14. The summed E-state index contributed by atoms with van der Waals surface area (Å²) in [5.41, 5.74) is -7.34. The first-order valence-electron chi connectivity index (χ1n) is 19.6. The molecule has 64 heavy (non-hydrogen) atoms. The Hall–Kier alpha value is -5.08. The number of hydrazine groups is 1. The van der Waals surface area contributed by atoms with Crippen LogP contribution in [0.25, 0.3) is 11.3 Å². The van der Waals surface area contributed by atoms with Crippen LogP contribution >= 0.6 is 0 Å². The first kappa shape index (κ1) is 49.9. The minimum atomic E-state index is -5.02. The van der Waals surface area contributed by atoms with Crippen molar-refractivity contribution in [1.82, 2.24) is 24.9 Å². The van der Waals surface area contributed by atoms with Crippen molar-refractivity contribution in [2.45, 2.75) is 74.5 Å². The molecule has 1 aromatic heterocycles. The lowest BCUT2D eigenvalue weighted by Gasteiger charge is -2.48. The van der Waals surface area contributed by atoms with Crippen LogP contribution < -0.4 is 10.1 Å². The Balaban J connectivity index is 1.29. The minimum Gasteiger partial charge on any atom is -0.509 e. The first-order valence-corrected chi connectivity index (χ1v) is 19.6. The predicted molar refractivity (Wildman–Crippen MR) is 207 cm³/mol. The second-order valence-electron chi connectivity index (χ2n) is 15.2. The number of ether oxygens (including phenoxy) is 2. The first-order chi connectivity index (χ1) is 30.0. The number of anilines is 1. The molecule has 0 radical (unpaired) electrons. The molecule has 3 aromatic rings. The molecule has 2 heterocycles. The molecule has 16 nitrogen and oxygen atoms in total. The highest BCUT2D eigenvalue weighted by Gasteiger charge is 2.53. The van der Waals surface area contributed by atoms with E-state index in [0.29, 0.717) is 37.4 Å². The fraction of sp³-hybridized carbons (Fsp3) is 0.500. The highest BCUT2D eigenvalue weighted by molar-refractivity contribution is 6.24. The van der Waals surface area contributed by atoms with Crippen molar-refractivity contribution in [2.24, 2.45) is 0 Å². The van der Waals surface area contributed by atoms with Crippen molar-refractivity contribution in [1.29, 1.82) is 0 Å². The van der Waals surface area contributed by atoms with Gasteiger partial charge in [0.15, 0.2) is 11.6 Å². The van der Waals surface area contributed by atoms with E-state index in [-0.39, 0.29) is 45.8 Å². The molecule has 2 amide bonds. The van der Waals surface area contributed by atoms with Crippen LogP contribution in [0.3, 0.4) is 0 Å². The summed E-state index contributed by atoms with van der Waals surface area (Å²) in [6, 6.07) is 4.28. The molecule has 4 unspecified atom stereocenters. The number of alkyl halides is 6. The fourth-order valence-corrected chi connectivity index (χ4v) is 7.35. The third-order valence-electron chi connectivity index (χ3n) is 11.0. The molecule has 1 aliphatic heterocycles. The maximum atomic E-state index is 15.6. The summed E-state index contributed by atoms with van der Waals surface area (Å²) in [4.78, 5) is 36.4. The Kier molecular flexibility index (Phi) is 15.9. The van der Waals surface area contributed by atoms with E-state index in [1.165, 1.54) is 17.0 Å². The van der Waals surface area contributed by atoms with Crippen LogP contribution in [-0.4, -0.2) is 151 Å². The van der Waals surface area contributed by atoms with Crippen molar-refractivity contribution in [3.05, 3.63) is 82.5 Å². The molecule has 1 fully saturated rings. The number of carbonyl (C=O) groups excluding carboxylic acids is 2. The summed E-state index contributed by atoms with van der Waals surface area (Å²) < 4.78 is 124. The van der Waals surface area contributed by atoms with Crippen LogP contribution in [-0.2, 0) is 33.2 Å². The quantitative estimate of drug-likeness (QED) is 0.0554. The molecule has 2 aliphatic rings. The van der Waals surface area contributed by atoms with E-state index < -0.39 is 130 Å². The SMILES string of the molecule is CN(CCOCCOc1ccc(CN2C(=O)C(C(=O)Nc3ccc(C(F)(F)F)cc3-c3cc(C(F)(F)F)ncn3)=C(O)C3(CCCC3)N2C)c(F)c1F)CC(O)C(O)C(O)C(O)CO. The van der Waals surface area contributed by atoms with Gasteiger partial charge in [0.2, 0.25) is 5.82 Å². The number of nitrogens with one attached hydrogen (secondary N) is 1. The van der Waals surface area contributed by atoms with E-state index in [1.807, 2.05) is 0 Å². The molecule has 7 N–H and O–H groups in total. The molecule has 0 saturated heterocycles. The van der Waals surface area contributed by atoms with Gasteiger partial charge in [0.05, 0.1) is 55.0 Å². The normalized spacial score (nSPS) is 17.9. The fourth-order valence-electron chi connectivity index (χ4n) is 7.35. The van der Waals surface area contributed by atoms with Crippen LogP contribution in [0, 0.1) is 11.6 Å². The van der Waals surface area contributed by atoms with Gasteiger partial charge in [-0.15, -0.1) is 0 Å². The summed E-state index contributed by atoms with van der Waals surface area (Å²) in [6.07, 6.45) is -14.9. The number of rotatable bonds is 18. The Morgan fingerprint density at radius 3 is 2.23 bits per heavy atom. The minimum absolute atomic E-state index is 0.0550. The maximum absolute atomic E-state index is 15.6.